The fourth-order valence-electron chi connectivity index (χ4n) is 3.62. The lowest BCUT2D eigenvalue weighted by atomic mass is 10.2. The Kier molecular flexibility index (Phi) is 4.65. The Hall–Kier alpha value is -2.38. The van der Waals surface area contributed by atoms with Crippen LogP contribution in [-0.4, -0.2) is 47.3 Å². The lowest BCUT2D eigenvalue weighted by Gasteiger charge is -2.26. The molecular formula is C19H26N5O2+. The molecule has 3 aromatic rings. The molecule has 7 heteroatoms. The highest BCUT2D eigenvalue weighted by Crippen LogP contribution is 2.27. The van der Waals surface area contributed by atoms with Gasteiger partial charge in [-0.1, -0.05) is 4.98 Å². The minimum absolute atomic E-state index is 0.660. The van der Waals surface area contributed by atoms with Gasteiger partial charge in [-0.2, -0.15) is 0 Å². The summed E-state index contributed by atoms with van der Waals surface area (Å²) in [4.78, 5) is 7.13. The molecule has 4 heterocycles. The molecule has 0 spiro atoms. The average molecular weight is 356 g/mol. The number of aryl methyl sites for hydroxylation is 1. The summed E-state index contributed by atoms with van der Waals surface area (Å²) in [5, 5.41) is 1.04. The highest BCUT2D eigenvalue weighted by Gasteiger charge is 2.22. The molecule has 1 aliphatic rings. The minimum atomic E-state index is 0.660. The number of nitrogens with zero attached hydrogens (tertiary/aromatic N) is 4. The highest BCUT2D eigenvalue weighted by atomic mass is 16.5. The number of nitrogen functional groups attached to an aromatic ring is 1. The van der Waals surface area contributed by atoms with Crippen molar-refractivity contribution in [2.24, 2.45) is 0 Å². The topological polar surface area (TPSA) is 73.3 Å². The summed E-state index contributed by atoms with van der Waals surface area (Å²) in [5.74, 6) is 1.69. The molecule has 1 aliphatic heterocycles. The Morgan fingerprint density at radius 1 is 1.27 bits per heavy atom. The number of hydrogen-bond acceptors (Lipinski definition) is 5. The summed E-state index contributed by atoms with van der Waals surface area (Å²) < 4.78 is 15.2. The molecule has 1 fully saturated rings. The lowest BCUT2D eigenvalue weighted by molar-refractivity contribution is -0.684. The van der Waals surface area contributed by atoms with Crippen LogP contribution in [0.15, 0.2) is 29.1 Å². The number of ether oxygens (including phenoxy) is 1. The van der Waals surface area contributed by atoms with Gasteiger partial charge < -0.3 is 19.5 Å². The fraction of sp³-hybridized carbons (Fsp3) is 0.474. The van der Waals surface area contributed by atoms with E-state index >= 15 is 0 Å². The molecule has 0 aliphatic carbocycles. The van der Waals surface area contributed by atoms with Gasteiger partial charge in [-0.3, -0.25) is 4.90 Å². The van der Waals surface area contributed by atoms with Gasteiger partial charge in [0.25, 0.3) is 0 Å². The van der Waals surface area contributed by atoms with Crippen LogP contribution in [0.1, 0.15) is 17.0 Å². The van der Waals surface area contributed by atoms with Crippen molar-refractivity contribution in [2.75, 3.05) is 38.6 Å². The first-order valence-electron chi connectivity index (χ1n) is 9.11. The van der Waals surface area contributed by atoms with Crippen molar-refractivity contribution in [2.45, 2.75) is 26.9 Å². The molecule has 3 aromatic heterocycles. The van der Waals surface area contributed by atoms with E-state index in [1.807, 2.05) is 18.5 Å². The second-order valence-electron chi connectivity index (χ2n) is 6.85. The Morgan fingerprint density at radius 3 is 2.81 bits per heavy atom. The average Bonchev–Trinajstić information content (AvgIpc) is 3.25. The van der Waals surface area contributed by atoms with Crippen molar-refractivity contribution < 1.29 is 13.7 Å². The van der Waals surface area contributed by atoms with Gasteiger partial charge in [0.1, 0.15) is 11.1 Å². The molecule has 0 atom stereocenters. The van der Waals surface area contributed by atoms with Crippen LogP contribution >= 0.6 is 0 Å². The third kappa shape index (κ3) is 3.08. The molecule has 4 rings (SSSR count). The number of hydrogen-bond donors (Lipinski definition) is 1. The van der Waals surface area contributed by atoms with Crippen LogP contribution in [0.3, 0.4) is 0 Å². The van der Waals surface area contributed by atoms with Crippen LogP contribution in [0, 0.1) is 13.8 Å². The van der Waals surface area contributed by atoms with E-state index in [9.17, 15) is 0 Å². The van der Waals surface area contributed by atoms with E-state index in [1.54, 1.807) is 6.26 Å². The maximum Gasteiger partial charge on any atom is 0.232 e. The van der Waals surface area contributed by atoms with E-state index < -0.39 is 0 Å². The number of anilines is 1. The maximum absolute atomic E-state index is 6.53. The summed E-state index contributed by atoms with van der Waals surface area (Å²) in [6.07, 6.45) is 3.56. The van der Waals surface area contributed by atoms with Gasteiger partial charge in [-0.25, -0.2) is 4.57 Å². The summed E-state index contributed by atoms with van der Waals surface area (Å²) in [6, 6.07) is 3.89. The van der Waals surface area contributed by atoms with Gasteiger partial charge in [-0.05, 0) is 31.5 Å². The molecule has 0 unspecified atom stereocenters. The first kappa shape index (κ1) is 17.1. The lowest BCUT2D eigenvalue weighted by Crippen LogP contribution is -2.46. The van der Waals surface area contributed by atoms with E-state index in [1.165, 1.54) is 11.3 Å². The molecule has 1 saturated heterocycles. The predicted molar refractivity (Wildman–Crippen MR) is 98.9 cm³/mol. The Bertz CT molecular complexity index is 895. The van der Waals surface area contributed by atoms with Crippen molar-refractivity contribution in [3.63, 3.8) is 0 Å². The van der Waals surface area contributed by atoms with Crippen LogP contribution in [0.2, 0.25) is 0 Å². The third-order valence-corrected chi connectivity index (χ3v) is 5.34. The zero-order chi connectivity index (χ0) is 18.1. The second-order valence-corrected chi connectivity index (χ2v) is 6.85. The van der Waals surface area contributed by atoms with Crippen molar-refractivity contribution in [3.05, 3.63) is 41.7 Å². The van der Waals surface area contributed by atoms with Crippen molar-refractivity contribution in [1.82, 2.24) is 14.5 Å². The zero-order valence-electron chi connectivity index (χ0n) is 15.4. The summed E-state index contributed by atoms with van der Waals surface area (Å²) in [6.45, 7) is 10.2. The number of rotatable bonds is 5. The molecule has 0 amide bonds. The molecule has 0 radical (unpaired) electrons. The third-order valence-electron chi connectivity index (χ3n) is 5.34. The number of morpholine rings is 1. The quantitative estimate of drug-likeness (QED) is 0.701. The van der Waals surface area contributed by atoms with E-state index in [4.69, 9.17) is 19.9 Å². The molecule has 0 saturated carbocycles. The normalized spacial score (nSPS) is 15.8. The Balaban J connectivity index is 1.63. The van der Waals surface area contributed by atoms with Gasteiger partial charge in [0.15, 0.2) is 0 Å². The summed E-state index contributed by atoms with van der Waals surface area (Å²) >= 11 is 0. The van der Waals surface area contributed by atoms with E-state index in [0.717, 1.165) is 62.0 Å². The molecular weight excluding hydrogens is 330 g/mol. The van der Waals surface area contributed by atoms with Gasteiger partial charge in [-0.15, -0.1) is 0 Å². The monoisotopic (exact) mass is 356 g/mol. The van der Waals surface area contributed by atoms with Crippen molar-refractivity contribution >= 4 is 16.9 Å². The molecule has 0 bridgehead atoms. The number of nitrogens with two attached hydrogens (primary N) is 1. The predicted octanol–water partition coefficient (Wildman–Crippen LogP) is 1.50. The van der Waals surface area contributed by atoms with Crippen LogP contribution < -0.4 is 10.3 Å². The SMILES string of the molecule is Cc1c(C)n(Cc2ccco2)c2nc[n+](CCN3CCOCC3)c(N)c12. The number of furan rings is 1. The van der Waals surface area contributed by atoms with Gasteiger partial charge in [0, 0.05) is 25.3 Å². The molecule has 138 valence electrons. The van der Waals surface area contributed by atoms with Crippen LogP contribution in [0.5, 0.6) is 0 Å². The number of aromatic nitrogens is 3. The largest absolute Gasteiger partial charge is 0.467 e. The van der Waals surface area contributed by atoms with Crippen LogP contribution in [0.4, 0.5) is 5.82 Å². The number of fused-ring (bicyclic) bond motifs is 1. The highest BCUT2D eigenvalue weighted by molar-refractivity contribution is 5.89. The minimum Gasteiger partial charge on any atom is -0.467 e. The molecule has 7 nitrogen and oxygen atoms in total. The smallest absolute Gasteiger partial charge is 0.232 e. The summed E-state index contributed by atoms with van der Waals surface area (Å²) in [5.41, 5.74) is 9.79. The Labute approximate surface area is 153 Å². The van der Waals surface area contributed by atoms with E-state index in [-0.39, 0.29) is 0 Å². The molecule has 2 N–H and O–H groups in total. The zero-order valence-corrected chi connectivity index (χ0v) is 15.4. The first-order valence-corrected chi connectivity index (χ1v) is 9.11. The van der Waals surface area contributed by atoms with E-state index in [2.05, 4.69) is 27.9 Å². The van der Waals surface area contributed by atoms with Crippen molar-refractivity contribution in [1.29, 1.82) is 0 Å². The van der Waals surface area contributed by atoms with Crippen LogP contribution in [0.25, 0.3) is 11.0 Å². The van der Waals surface area contributed by atoms with Crippen LogP contribution in [-0.2, 0) is 17.8 Å². The molecule has 26 heavy (non-hydrogen) atoms. The summed E-state index contributed by atoms with van der Waals surface area (Å²) in [7, 11) is 0. The maximum atomic E-state index is 6.53. The van der Waals surface area contributed by atoms with Gasteiger partial charge in [0.2, 0.25) is 17.8 Å². The second kappa shape index (κ2) is 7.09. The van der Waals surface area contributed by atoms with Crippen molar-refractivity contribution in [3.8, 4) is 0 Å². The standard InChI is InChI=1S/C19H25N5O2/c1-14-15(2)24(12-16-4-3-9-26-16)19-17(14)18(20)23(13-21-19)6-5-22-7-10-25-11-8-22/h3-4,9,13,20H,5-8,10-12H2,1-2H3/p+1. The fourth-order valence-corrected chi connectivity index (χ4v) is 3.62. The molecule has 0 aromatic carbocycles. The first-order chi connectivity index (χ1) is 12.6. The van der Waals surface area contributed by atoms with Gasteiger partial charge >= 0.3 is 0 Å². The Morgan fingerprint density at radius 2 is 2.08 bits per heavy atom. The van der Waals surface area contributed by atoms with E-state index in [0.29, 0.717) is 6.54 Å². The van der Waals surface area contributed by atoms with Gasteiger partial charge in [0.05, 0.1) is 32.6 Å².